The number of hydrogen-bond donors (Lipinski definition) is 0. The van der Waals surface area contributed by atoms with Crippen LogP contribution in [0.4, 0.5) is 0 Å². The highest BCUT2D eigenvalue weighted by Gasteiger charge is 2.38. The van der Waals surface area contributed by atoms with E-state index in [0.29, 0.717) is 17.0 Å². The summed E-state index contributed by atoms with van der Waals surface area (Å²) in [6.45, 7) is 7.63. The molecule has 2 aliphatic rings. The maximum Gasteiger partial charge on any atom is 0.253 e. The molecule has 0 bridgehead atoms. The Labute approximate surface area is 184 Å². The van der Waals surface area contributed by atoms with Gasteiger partial charge in [0.15, 0.2) is 0 Å². The number of ether oxygens (including phenoxy) is 1. The molecule has 1 spiro atoms. The molecule has 0 N–H and O–H groups in total. The maximum atomic E-state index is 12.8. The van der Waals surface area contributed by atoms with Crippen molar-refractivity contribution in [2.24, 2.45) is 5.41 Å². The molecule has 160 valence electrons. The van der Waals surface area contributed by atoms with Crippen LogP contribution < -0.4 is 4.74 Å². The van der Waals surface area contributed by atoms with E-state index in [2.05, 4.69) is 23.1 Å². The van der Waals surface area contributed by atoms with Gasteiger partial charge in [-0.2, -0.15) is 0 Å². The summed E-state index contributed by atoms with van der Waals surface area (Å²) in [5.74, 6) is 1.14. The predicted octanol–water partition coefficient (Wildman–Crippen LogP) is 5.26. The summed E-state index contributed by atoms with van der Waals surface area (Å²) in [5, 5.41) is 0.666. The van der Waals surface area contributed by atoms with E-state index in [1.807, 2.05) is 30.0 Å². The van der Waals surface area contributed by atoms with Gasteiger partial charge < -0.3 is 9.64 Å². The van der Waals surface area contributed by atoms with Crippen molar-refractivity contribution in [2.75, 3.05) is 32.8 Å². The molecule has 2 fully saturated rings. The zero-order valence-corrected chi connectivity index (χ0v) is 18.5. The van der Waals surface area contributed by atoms with Gasteiger partial charge in [0, 0.05) is 35.8 Å². The van der Waals surface area contributed by atoms with Crippen molar-refractivity contribution in [1.29, 1.82) is 0 Å². The Hall–Kier alpha value is -2.04. The van der Waals surface area contributed by atoms with Crippen LogP contribution in [0, 0.1) is 5.41 Å². The van der Waals surface area contributed by atoms with Crippen LogP contribution in [0.5, 0.6) is 5.75 Å². The van der Waals surface area contributed by atoms with Crippen molar-refractivity contribution in [2.45, 2.75) is 39.2 Å². The predicted molar refractivity (Wildman–Crippen MR) is 121 cm³/mol. The highest BCUT2D eigenvalue weighted by atomic mass is 35.5. The van der Waals surface area contributed by atoms with E-state index < -0.39 is 0 Å². The van der Waals surface area contributed by atoms with Gasteiger partial charge in [-0.3, -0.25) is 9.69 Å². The first-order valence-electron chi connectivity index (χ1n) is 11.1. The van der Waals surface area contributed by atoms with Crippen molar-refractivity contribution < 1.29 is 9.53 Å². The summed E-state index contributed by atoms with van der Waals surface area (Å²) in [5.41, 5.74) is 2.41. The molecule has 0 saturated carbocycles. The summed E-state index contributed by atoms with van der Waals surface area (Å²) >= 11 is 5.95. The van der Waals surface area contributed by atoms with E-state index in [1.54, 1.807) is 12.1 Å². The zero-order valence-electron chi connectivity index (χ0n) is 17.8. The van der Waals surface area contributed by atoms with Crippen molar-refractivity contribution in [3.63, 3.8) is 0 Å². The number of nitrogens with zero attached hydrogens (tertiary/aromatic N) is 2. The van der Waals surface area contributed by atoms with Crippen molar-refractivity contribution in [3.8, 4) is 5.75 Å². The van der Waals surface area contributed by atoms with E-state index in [-0.39, 0.29) is 5.91 Å². The Kier molecular flexibility index (Phi) is 6.64. The van der Waals surface area contributed by atoms with Gasteiger partial charge >= 0.3 is 0 Å². The number of rotatable bonds is 5. The van der Waals surface area contributed by atoms with E-state index >= 15 is 0 Å². The summed E-state index contributed by atoms with van der Waals surface area (Å²) in [4.78, 5) is 17.3. The standard InChI is InChI=1S/C25H31ClN2O2/c1-2-30-23-6-4-3-5-21(23)19-27-15-11-25(12-16-27)13-17-28(18-14-25)24(29)20-7-9-22(26)10-8-20/h3-10H,2,11-19H2,1H3. The monoisotopic (exact) mass is 426 g/mol. The number of benzene rings is 2. The molecule has 5 heteroatoms. The van der Waals surface area contributed by atoms with Crippen LogP contribution in [0.1, 0.15) is 48.5 Å². The van der Waals surface area contributed by atoms with Gasteiger partial charge in [-0.15, -0.1) is 0 Å². The molecule has 4 rings (SSSR count). The van der Waals surface area contributed by atoms with Crippen molar-refractivity contribution >= 4 is 17.5 Å². The molecule has 1 amide bonds. The zero-order chi connectivity index (χ0) is 21.0. The van der Waals surface area contributed by atoms with Gasteiger partial charge in [0.05, 0.1) is 6.61 Å². The average molecular weight is 427 g/mol. The fourth-order valence-electron chi connectivity index (χ4n) is 4.82. The average Bonchev–Trinajstić information content (AvgIpc) is 2.78. The van der Waals surface area contributed by atoms with Crippen LogP contribution in [-0.4, -0.2) is 48.5 Å². The largest absolute Gasteiger partial charge is 0.494 e. The summed E-state index contributed by atoms with van der Waals surface area (Å²) in [7, 11) is 0. The van der Waals surface area contributed by atoms with E-state index in [1.165, 1.54) is 18.4 Å². The molecule has 0 atom stereocenters. The van der Waals surface area contributed by atoms with Crippen LogP contribution in [0.2, 0.25) is 5.02 Å². The van der Waals surface area contributed by atoms with E-state index in [4.69, 9.17) is 16.3 Å². The summed E-state index contributed by atoms with van der Waals surface area (Å²) in [6.07, 6.45) is 4.64. The minimum Gasteiger partial charge on any atom is -0.494 e. The lowest BCUT2D eigenvalue weighted by atomic mass is 9.71. The molecule has 30 heavy (non-hydrogen) atoms. The topological polar surface area (TPSA) is 32.8 Å². The van der Waals surface area contributed by atoms with Crippen LogP contribution in [0.25, 0.3) is 0 Å². The van der Waals surface area contributed by atoms with Crippen molar-refractivity contribution in [1.82, 2.24) is 9.80 Å². The lowest BCUT2D eigenvalue weighted by Crippen LogP contribution is -2.48. The third-order valence-corrected chi connectivity index (χ3v) is 7.04. The Bertz CT molecular complexity index is 850. The number of amides is 1. The molecule has 2 heterocycles. The van der Waals surface area contributed by atoms with Gasteiger partial charge in [0.2, 0.25) is 0 Å². The molecular formula is C25H31ClN2O2. The number of piperidine rings is 2. The second-order valence-corrected chi connectivity index (χ2v) is 9.05. The number of hydrogen-bond acceptors (Lipinski definition) is 3. The Morgan fingerprint density at radius 1 is 0.967 bits per heavy atom. The van der Waals surface area contributed by atoms with Gasteiger partial charge in [-0.25, -0.2) is 0 Å². The molecule has 0 radical (unpaired) electrons. The normalized spacial score (nSPS) is 19.1. The second kappa shape index (κ2) is 9.40. The lowest BCUT2D eigenvalue weighted by Gasteiger charge is -2.47. The van der Waals surface area contributed by atoms with Crippen LogP contribution >= 0.6 is 11.6 Å². The number of para-hydroxylation sites is 1. The Balaban J connectivity index is 1.29. The maximum absolute atomic E-state index is 12.8. The van der Waals surface area contributed by atoms with Gasteiger partial charge in [-0.1, -0.05) is 29.8 Å². The van der Waals surface area contributed by atoms with Crippen LogP contribution in [0.3, 0.4) is 0 Å². The minimum atomic E-state index is 0.131. The van der Waals surface area contributed by atoms with Crippen LogP contribution in [0.15, 0.2) is 48.5 Å². The summed E-state index contributed by atoms with van der Waals surface area (Å²) < 4.78 is 5.79. The fourth-order valence-corrected chi connectivity index (χ4v) is 4.94. The first-order valence-corrected chi connectivity index (χ1v) is 11.4. The molecule has 2 aliphatic heterocycles. The quantitative estimate of drug-likeness (QED) is 0.654. The highest BCUT2D eigenvalue weighted by molar-refractivity contribution is 6.30. The smallest absolute Gasteiger partial charge is 0.253 e. The molecule has 0 aromatic heterocycles. The molecular weight excluding hydrogens is 396 g/mol. The SMILES string of the molecule is CCOc1ccccc1CN1CCC2(CC1)CCN(C(=O)c1ccc(Cl)cc1)CC2. The molecule has 2 aromatic carbocycles. The number of likely N-dealkylation sites (tertiary alicyclic amines) is 2. The van der Waals surface area contributed by atoms with Gasteiger partial charge in [0.1, 0.15) is 5.75 Å². The second-order valence-electron chi connectivity index (χ2n) is 8.62. The van der Waals surface area contributed by atoms with E-state index in [9.17, 15) is 4.79 Å². The number of carbonyl (C=O) groups is 1. The molecule has 4 nitrogen and oxygen atoms in total. The third-order valence-electron chi connectivity index (χ3n) is 6.79. The summed E-state index contributed by atoms with van der Waals surface area (Å²) in [6, 6.07) is 15.6. The molecule has 2 saturated heterocycles. The van der Waals surface area contributed by atoms with E-state index in [0.717, 1.165) is 56.9 Å². The van der Waals surface area contributed by atoms with Crippen LogP contribution in [-0.2, 0) is 6.54 Å². The van der Waals surface area contributed by atoms with Crippen molar-refractivity contribution in [3.05, 3.63) is 64.7 Å². The third kappa shape index (κ3) is 4.81. The number of carbonyl (C=O) groups excluding carboxylic acids is 1. The van der Waals surface area contributed by atoms with Gasteiger partial charge in [0.25, 0.3) is 5.91 Å². The Morgan fingerprint density at radius 3 is 2.27 bits per heavy atom. The lowest BCUT2D eigenvalue weighted by molar-refractivity contribution is 0.0283. The van der Waals surface area contributed by atoms with Gasteiger partial charge in [-0.05, 0) is 81.4 Å². The molecule has 0 unspecified atom stereocenters. The first kappa shape index (κ1) is 21.2. The minimum absolute atomic E-state index is 0.131. The highest BCUT2D eigenvalue weighted by Crippen LogP contribution is 2.42. The Morgan fingerprint density at radius 2 is 1.60 bits per heavy atom. The molecule has 2 aromatic rings. The number of halogens is 1. The first-order chi connectivity index (χ1) is 14.6. The fraction of sp³-hybridized carbons (Fsp3) is 0.480. The molecule has 0 aliphatic carbocycles.